The molecule has 4 aromatic rings. The van der Waals surface area contributed by atoms with Crippen molar-refractivity contribution >= 4 is 45.7 Å². The minimum atomic E-state index is -0.457. The molecule has 0 unspecified atom stereocenters. The Bertz CT molecular complexity index is 1240. The number of carbonyl (C=O) groups is 1. The molecular formula is C21H16N2O3S2. The van der Waals surface area contributed by atoms with Crippen molar-refractivity contribution in [2.45, 2.75) is 23.1 Å². The highest BCUT2D eigenvalue weighted by molar-refractivity contribution is 8.01. The number of amides is 1. The van der Waals surface area contributed by atoms with Gasteiger partial charge in [-0.1, -0.05) is 23.9 Å². The van der Waals surface area contributed by atoms with Crippen molar-refractivity contribution < 1.29 is 9.21 Å². The van der Waals surface area contributed by atoms with Gasteiger partial charge in [0, 0.05) is 27.7 Å². The Morgan fingerprint density at radius 2 is 1.96 bits per heavy atom. The van der Waals surface area contributed by atoms with E-state index in [0.717, 1.165) is 20.5 Å². The normalized spacial score (nSPS) is 10.9. The lowest BCUT2D eigenvalue weighted by atomic mass is 10.2. The smallest absolute Gasteiger partial charge is 0.291 e. The van der Waals surface area contributed by atoms with E-state index in [0.29, 0.717) is 16.7 Å². The van der Waals surface area contributed by atoms with Gasteiger partial charge in [-0.25, -0.2) is 4.98 Å². The van der Waals surface area contributed by atoms with Crippen LogP contribution in [-0.2, 0) is 0 Å². The van der Waals surface area contributed by atoms with Gasteiger partial charge < -0.3 is 9.73 Å². The SMILES string of the molecule is Cc1csc(Sc2ccc(NC(=O)c3cc(=O)c4ccccc4o3)c(C)c2)n1. The largest absolute Gasteiger partial charge is 0.451 e. The number of aromatic nitrogens is 1. The van der Waals surface area contributed by atoms with Crippen LogP contribution in [0.5, 0.6) is 0 Å². The molecule has 0 saturated carbocycles. The molecule has 0 radical (unpaired) electrons. The number of aryl methyl sites for hydroxylation is 2. The molecule has 2 aromatic heterocycles. The summed E-state index contributed by atoms with van der Waals surface area (Å²) >= 11 is 3.19. The Morgan fingerprint density at radius 1 is 1.14 bits per heavy atom. The van der Waals surface area contributed by atoms with Gasteiger partial charge in [0.25, 0.3) is 5.91 Å². The number of benzene rings is 2. The summed E-state index contributed by atoms with van der Waals surface area (Å²) in [4.78, 5) is 30.3. The van der Waals surface area contributed by atoms with Crippen LogP contribution in [0, 0.1) is 13.8 Å². The van der Waals surface area contributed by atoms with Gasteiger partial charge in [-0.3, -0.25) is 9.59 Å². The van der Waals surface area contributed by atoms with Crippen molar-refractivity contribution in [3.63, 3.8) is 0 Å². The fraction of sp³-hybridized carbons (Fsp3) is 0.0952. The van der Waals surface area contributed by atoms with Crippen LogP contribution < -0.4 is 10.7 Å². The van der Waals surface area contributed by atoms with E-state index in [-0.39, 0.29) is 11.2 Å². The molecule has 2 aromatic carbocycles. The van der Waals surface area contributed by atoms with Gasteiger partial charge >= 0.3 is 0 Å². The zero-order chi connectivity index (χ0) is 19.7. The summed E-state index contributed by atoms with van der Waals surface area (Å²) in [5, 5.41) is 5.29. The number of para-hydroxylation sites is 1. The molecule has 0 bridgehead atoms. The molecule has 2 heterocycles. The molecule has 0 aliphatic heterocycles. The number of hydrogen-bond donors (Lipinski definition) is 1. The van der Waals surface area contributed by atoms with E-state index in [1.807, 2.05) is 37.4 Å². The van der Waals surface area contributed by atoms with Gasteiger partial charge in [-0.05, 0) is 49.7 Å². The Morgan fingerprint density at radius 3 is 2.71 bits per heavy atom. The fourth-order valence-corrected chi connectivity index (χ4v) is 4.63. The van der Waals surface area contributed by atoms with Gasteiger partial charge in [0.1, 0.15) is 5.58 Å². The van der Waals surface area contributed by atoms with Crippen LogP contribution in [0.3, 0.4) is 0 Å². The average Bonchev–Trinajstić information content (AvgIpc) is 3.08. The third-order valence-electron chi connectivity index (χ3n) is 4.11. The molecule has 0 aliphatic carbocycles. The molecule has 28 heavy (non-hydrogen) atoms. The molecule has 7 heteroatoms. The first kappa shape index (κ1) is 18.5. The fourth-order valence-electron chi connectivity index (χ4n) is 2.72. The summed E-state index contributed by atoms with van der Waals surface area (Å²) in [6, 6.07) is 13.9. The predicted molar refractivity (Wildman–Crippen MR) is 113 cm³/mol. The van der Waals surface area contributed by atoms with Crippen molar-refractivity contribution in [3.05, 3.63) is 81.2 Å². The number of fused-ring (bicyclic) bond motifs is 1. The van der Waals surface area contributed by atoms with E-state index in [1.54, 1.807) is 47.4 Å². The summed E-state index contributed by atoms with van der Waals surface area (Å²) in [7, 11) is 0. The summed E-state index contributed by atoms with van der Waals surface area (Å²) in [6.45, 7) is 3.89. The average molecular weight is 409 g/mol. The minimum Gasteiger partial charge on any atom is -0.451 e. The second-order valence-corrected chi connectivity index (χ2v) is 8.44. The van der Waals surface area contributed by atoms with Crippen molar-refractivity contribution in [2.75, 3.05) is 5.32 Å². The van der Waals surface area contributed by atoms with Crippen LogP contribution in [0.25, 0.3) is 11.0 Å². The molecule has 1 amide bonds. The Labute approximate surface area is 169 Å². The van der Waals surface area contributed by atoms with E-state index in [4.69, 9.17) is 4.42 Å². The van der Waals surface area contributed by atoms with Crippen LogP contribution in [0.2, 0.25) is 0 Å². The molecular weight excluding hydrogens is 392 g/mol. The van der Waals surface area contributed by atoms with Crippen molar-refractivity contribution in [3.8, 4) is 0 Å². The maximum atomic E-state index is 12.6. The first-order valence-corrected chi connectivity index (χ1v) is 10.2. The van der Waals surface area contributed by atoms with Crippen LogP contribution in [0.1, 0.15) is 21.8 Å². The molecule has 0 aliphatic rings. The summed E-state index contributed by atoms with van der Waals surface area (Å²) in [6.07, 6.45) is 0. The highest BCUT2D eigenvalue weighted by Crippen LogP contribution is 2.32. The Kier molecular flexibility index (Phi) is 5.02. The zero-order valence-electron chi connectivity index (χ0n) is 15.2. The van der Waals surface area contributed by atoms with Crippen molar-refractivity contribution in [1.82, 2.24) is 4.98 Å². The number of rotatable bonds is 4. The lowest BCUT2D eigenvalue weighted by molar-refractivity contribution is 0.0997. The van der Waals surface area contributed by atoms with Crippen LogP contribution in [0.15, 0.2) is 72.4 Å². The van der Waals surface area contributed by atoms with Gasteiger partial charge in [0.2, 0.25) is 0 Å². The van der Waals surface area contributed by atoms with E-state index < -0.39 is 5.91 Å². The number of carbonyl (C=O) groups excluding carboxylic acids is 1. The highest BCUT2D eigenvalue weighted by Gasteiger charge is 2.14. The number of nitrogens with zero attached hydrogens (tertiary/aromatic N) is 1. The maximum absolute atomic E-state index is 12.6. The number of nitrogens with one attached hydrogen (secondary N) is 1. The highest BCUT2D eigenvalue weighted by atomic mass is 32.2. The lowest BCUT2D eigenvalue weighted by Crippen LogP contribution is -2.15. The van der Waals surface area contributed by atoms with Crippen LogP contribution in [0.4, 0.5) is 5.69 Å². The molecule has 0 atom stereocenters. The third kappa shape index (κ3) is 3.85. The maximum Gasteiger partial charge on any atom is 0.291 e. The molecule has 0 spiro atoms. The van der Waals surface area contributed by atoms with Crippen molar-refractivity contribution in [1.29, 1.82) is 0 Å². The van der Waals surface area contributed by atoms with E-state index in [9.17, 15) is 9.59 Å². The van der Waals surface area contributed by atoms with E-state index >= 15 is 0 Å². The summed E-state index contributed by atoms with van der Waals surface area (Å²) in [5.74, 6) is -0.471. The number of thiazole rings is 1. The number of hydrogen-bond acceptors (Lipinski definition) is 6. The molecule has 1 N–H and O–H groups in total. The Balaban J connectivity index is 1.55. The van der Waals surface area contributed by atoms with Gasteiger partial charge in [-0.2, -0.15) is 0 Å². The van der Waals surface area contributed by atoms with Gasteiger partial charge in [-0.15, -0.1) is 11.3 Å². The lowest BCUT2D eigenvalue weighted by Gasteiger charge is -2.09. The molecule has 0 fully saturated rings. The van der Waals surface area contributed by atoms with Crippen molar-refractivity contribution in [2.24, 2.45) is 0 Å². The van der Waals surface area contributed by atoms with Gasteiger partial charge in [0.15, 0.2) is 15.5 Å². The summed E-state index contributed by atoms with van der Waals surface area (Å²) < 4.78 is 6.58. The first-order valence-electron chi connectivity index (χ1n) is 8.54. The molecule has 4 rings (SSSR count). The van der Waals surface area contributed by atoms with Crippen LogP contribution in [-0.4, -0.2) is 10.9 Å². The zero-order valence-corrected chi connectivity index (χ0v) is 16.8. The van der Waals surface area contributed by atoms with Crippen LogP contribution >= 0.6 is 23.1 Å². The molecule has 140 valence electrons. The standard InChI is InChI=1S/C21H16N2O3S2/c1-12-9-14(28-21-22-13(2)11-27-21)7-8-16(12)23-20(25)19-10-17(24)15-5-3-4-6-18(15)26-19/h3-11H,1-2H3,(H,23,25). The topological polar surface area (TPSA) is 72.2 Å². The first-order chi connectivity index (χ1) is 13.5. The quantitative estimate of drug-likeness (QED) is 0.498. The van der Waals surface area contributed by atoms with E-state index in [2.05, 4.69) is 10.3 Å². The molecule has 5 nitrogen and oxygen atoms in total. The number of anilines is 1. The van der Waals surface area contributed by atoms with Gasteiger partial charge in [0.05, 0.1) is 5.39 Å². The Hall–Kier alpha value is -2.90. The second kappa shape index (κ2) is 7.61. The minimum absolute atomic E-state index is 0.0141. The second-order valence-electron chi connectivity index (χ2n) is 6.26. The molecule has 0 saturated heterocycles. The third-order valence-corrected chi connectivity index (χ3v) is 6.15. The monoisotopic (exact) mass is 408 g/mol. The van der Waals surface area contributed by atoms with E-state index in [1.165, 1.54) is 6.07 Å². The summed E-state index contributed by atoms with van der Waals surface area (Å²) in [5.41, 5.74) is 2.73. The predicted octanol–water partition coefficient (Wildman–Crippen LogP) is 5.27.